The monoisotopic (exact) mass is 96.1 g/mol. The molecule has 0 radical (unpaired) electrons. The van der Waals surface area contributed by atoms with E-state index in [-0.39, 0.29) is 0 Å². The van der Waals surface area contributed by atoms with Crippen LogP contribution in [0.5, 0.6) is 0 Å². The largest absolute Gasteiger partial charge is 0.0630 e. The van der Waals surface area contributed by atoms with Gasteiger partial charge in [0, 0.05) is 9.15 Å². The van der Waals surface area contributed by atoms with E-state index in [4.69, 9.17) is 9.15 Å². The Morgan fingerprint density at radius 2 is 1.00 bits per heavy atom. The Hall–Kier alpha value is -0.140. The molecule has 0 rings (SSSR count). The van der Waals surface area contributed by atoms with E-state index in [9.17, 15) is 0 Å². The lowest BCUT2D eigenvalue weighted by atomic mass is 10.3. The minimum absolute atomic E-state index is 0.833. The highest BCUT2D eigenvalue weighted by Crippen LogP contribution is 1.81. The maximum absolute atomic E-state index is 8.00. The van der Waals surface area contributed by atoms with Gasteiger partial charge in [0.25, 0.3) is 0 Å². The lowest BCUT2D eigenvalue weighted by molar-refractivity contribution is 0.108. The van der Waals surface area contributed by atoms with Gasteiger partial charge < -0.3 is 0 Å². The van der Waals surface area contributed by atoms with Crippen molar-refractivity contribution < 1.29 is 9.15 Å². The molecule has 0 fully saturated rings. The fourth-order valence-corrected chi connectivity index (χ4v) is 0. The van der Waals surface area contributed by atoms with Crippen LogP contribution in [0.2, 0.25) is 0 Å². The van der Waals surface area contributed by atoms with Crippen molar-refractivity contribution in [3.63, 3.8) is 0 Å². The van der Waals surface area contributed by atoms with E-state index < -0.39 is 0 Å². The topological polar surface area (TPSA) is 0 Å². The Kier molecular flexibility index (Phi) is 13.7. The standard InChI is InChI=1S/C4H10.F2/c1-4(2)3;1-2/h4H,1-3H3;. The van der Waals surface area contributed by atoms with Crippen molar-refractivity contribution in [3.05, 3.63) is 0 Å². The first-order valence-corrected chi connectivity index (χ1v) is 1.87. The van der Waals surface area contributed by atoms with Crippen molar-refractivity contribution in [2.24, 2.45) is 5.92 Å². The van der Waals surface area contributed by atoms with Gasteiger partial charge in [-0.1, -0.05) is 20.8 Å². The summed E-state index contributed by atoms with van der Waals surface area (Å²) in [7, 11) is 0. The van der Waals surface area contributed by atoms with Crippen molar-refractivity contribution in [1.29, 1.82) is 0 Å². The maximum Gasteiger partial charge on any atom is 0 e. The Bertz CT molecular complexity index is 10.3. The molecule has 0 aromatic heterocycles. The van der Waals surface area contributed by atoms with E-state index in [1.165, 1.54) is 0 Å². The Morgan fingerprint density at radius 3 is 1.00 bits per heavy atom. The van der Waals surface area contributed by atoms with E-state index in [0.717, 1.165) is 5.92 Å². The number of rotatable bonds is 0. The molecule has 0 aliphatic heterocycles. The quantitative estimate of drug-likeness (QED) is 0.434. The third-order valence-electron chi connectivity index (χ3n) is 0. The molecule has 0 saturated carbocycles. The van der Waals surface area contributed by atoms with Gasteiger partial charge in [0.1, 0.15) is 0 Å². The summed E-state index contributed by atoms with van der Waals surface area (Å²) in [5.74, 6) is 0.833. The molecule has 0 nitrogen and oxygen atoms in total. The van der Waals surface area contributed by atoms with Crippen LogP contribution in [0.25, 0.3) is 0 Å². The molecule has 2 heteroatoms. The Balaban J connectivity index is 0. The van der Waals surface area contributed by atoms with Crippen LogP contribution >= 0.6 is 0 Å². The molecule has 0 spiro atoms. The van der Waals surface area contributed by atoms with Gasteiger partial charge in [-0.25, -0.2) is 0 Å². The molecule has 0 amide bonds. The van der Waals surface area contributed by atoms with Gasteiger partial charge in [-0.05, 0) is 5.92 Å². The Labute approximate surface area is 37.0 Å². The second kappa shape index (κ2) is 8.85. The molecule has 0 aliphatic rings. The Morgan fingerprint density at radius 1 is 1.00 bits per heavy atom. The average molecular weight is 96.1 g/mol. The second-order valence-corrected chi connectivity index (χ2v) is 1.73. The van der Waals surface area contributed by atoms with Crippen LogP contribution in [0.3, 0.4) is 0 Å². The molecule has 0 aliphatic carbocycles. The first kappa shape index (κ1) is 9.29. The highest BCUT2D eigenvalue weighted by Gasteiger charge is 1.68. The molecule has 0 saturated heterocycles. The van der Waals surface area contributed by atoms with Crippen LogP contribution < -0.4 is 0 Å². The van der Waals surface area contributed by atoms with Crippen molar-refractivity contribution in [2.75, 3.05) is 0 Å². The zero-order valence-electron chi connectivity index (χ0n) is 4.33. The van der Waals surface area contributed by atoms with Gasteiger partial charge in [-0.2, -0.15) is 0 Å². The minimum Gasteiger partial charge on any atom is -0.0630 e. The molecular formula is C4H10F2. The molecule has 6 heavy (non-hydrogen) atoms. The number of halogens is 2. The summed E-state index contributed by atoms with van der Waals surface area (Å²) >= 11 is 0. The first-order valence-electron chi connectivity index (χ1n) is 1.87. The normalized spacial score (nSPS) is 7.00. The average Bonchev–Trinajstić information content (AvgIpc) is 1.41. The third-order valence-corrected chi connectivity index (χ3v) is 0. The summed E-state index contributed by atoms with van der Waals surface area (Å²) in [5, 5.41) is 0. The summed E-state index contributed by atoms with van der Waals surface area (Å²) in [6.45, 7) is 6.50. The zero-order chi connectivity index (χ0) is 5.58. The molecule has 0 bridgehead atoms. The summed E-state index contributed by atoms with van der Waals surface area (Å²) in [6.07, 6.45) is 0. The van der Waals surface area contributed by atoms with Gasteiger partial charge in [0.05, 0.1) is 0 Å². The lowest BCUT2D eigenvalue weighted by Crippen LogP contribution is -1.66. The molecule has 0 N–H and O–H groups in total. The fourth-order valence-electron chi connectivity index (χ4n) is 0. The summed E-state index contributed by atoms with van der Waals surface area (Å²) < 4.78 is 16.0. The van der Waals surface area contributed by atoms with Crippen LogP contribution in [0, 0.1) is 5.92 Å². The predicted octanol–water partition coefficient (Wildman–Crippen LogP) is 2.50. The highest BCUT2D eigenvalue weighted by atomic mass is 20.0. The smallest absolute Gasteiger partial charge is 0 e. The lowest BCUT2D eigenvalue weighted by Gasteiger charge is -1.79. The van der Waals surface area contributed by atoms with Gasteiger partial charge in [0.15, 0.2) is 0 Å². The summed E-state index contributed by atoms with van der Waals surface area (Å²) in [5.41, 5.74) is 0. The van der Waals surface area contributed by atoms with Gasteiger partial charge in [0.2, 0.25) is 0 Å². The van der Waals surface area contributed by atoms with Gasteiger partial charge in [-0.3, -0.25) is 0 Å². The predicted molar refractivity (Wildman–Crippen MR) is 22.7 cm³/mol. The van der Waals surface area contributed by atoms with Gasteiger partial charge >= 0.3 is 0 Å². The van der Waals surface area contributed by atoms with E-state index in [1.807, 2.05) is 0 Å². The van der Waals surface area contributed by atoms with Crippen molar-refractivity contribution >= 4 is 0 Å². The van der Waals surface area contributed by atoms with Crippen LogP contribution in [0.4, 0.5) is 9.15 Å². The summed E-state index contributed by atoms with van der Waals surface area (Å²) in [6, 6.07) is 0. The fraction of sp³-hybridized carbons (Fsp3) is 1.00. The molecule has 40 valence electrons. The van der Waals surface area contributed by atoms with E-state index in [0.29, 0.717) is 0 Å². The molecule has 0 heterocycles. The molecule has 0 atom stereocenters. The number of hydrogen-bond acceptors (Lipinski definition) is 0. The third kappa shape index (κ3) is 1610. The van der Waals surface area contributed by atoms with Crippen molar-refractivity contribution in [3.8, 4) is 0 Å². The SMILES string of the molecule is CC(C)C.FF. The summed E-state index contributed by atoms with van der Waals surface area (Å²) in [4.78, 5) is 0. The molecule has 0 aromatic carbocycles. The molecular weight excluding hydrogens is 86.0 g/mol. The van der Waals surface area contributed by atoms with Crippen molar-refractivity contribution in [1.82, 2.24) is 0 Å². The molecule has 0 aromatic rings. The van der Waals surface area contributed by atoms with E-state index >= 15 is 0 Å². The van der Waals surface area contributed by atoms with E-state index in [2.05, 4.69) is 20.8 Å². The molecule has 0 unspecified atom stereocenters. The van der Waals surface area contributed by atoms with Crippen LogP contribution in [-0.2, 0) is 0 Å². The van der Waals surface area contributed by atoms with Crippen molar-refractivity contribution in [2.45, 2.75) is 20.8 Å². The number of hydrogen-bond donors (Lipinski definition) is 0. The highest BCUT2D eigenvalue weighted by molar-refractivity contribution is 4.20. The van der Waals surface area contributed by atoms with Crippen LogP contribution in [-0.4, -0.2) is 0 Å². The van der Waals surface area contributed by atoms with Gasteiger partial charge in [-0.15, -0.1) is 0 Å². The van der Waals surface area contributed by atoms with Crippen LogP contribution in [0.1, 0.15) is 20.8 Å². The second-order valence-electron chi connectivity index (χ2n) is 1.73. The zero-order valence-corrected chi connectivity index (χ0v) is 4.33. The first-order chi connectivity index (χ1) is 2.73. The maximum atomic E-state index is 8.00. The van der Waals surface area contributed by atoms with E-state index in [1.54, 1.807) is 0 Å². The van der Waals surface area contributed by atoms with Crippen LogP contribution in [0.15, 0.2) is 0 Å². The minimum atomic E-state index is 0.833.